The minimum atomic E-state index is -1.20. The average Bonchev–Trinajstić information content (AvgIpc) is 3.78. The summed E-state index contributed by atoms with van der Waals surface area (Å²) >= 11 is 0. The molecule has 0 unspecified atom stereocenters. The molecule has 0 spiro atoms. The first kappa shape index (κ1) is 26.8. The molecular weight excluding hydrogens is 504 g/mol. The van der Waals surface area contributed by atoms with Crippen LogP contribution < -0.4 is 10.2 Å². The number of hydrogen-bond donors (Lipinski definition) is 1. The van der Waals surface area contributed by atoms with Crippen molar-refractivity contribution in [1.82, 2.24) is 15.0 Å². The molecule has 1 N–H and O–H groups in total. The van der Waals surface area contributed by atoms with Crippen molar-refractivity contribution in [2.24, 2.45) is 5.92 Å². The van der Waals surface area contributed by atoms with Crippen molar-refractivity contribution in [2.75, 3.05) is 29.9 Å². The zero-order valence-corrected chi connectivity index (χ0v) is 24.0. The number of esters is 1. The van der Waals surface area contributed by atoms with Gasteiger partial charge in [0, 0.05) is 39.1 Å². The fraction of sp³-hybridized carbons (Fsp3) is 0.433. The van der Waals surface area contributed by atoms with E-state index in [0.717, 1.165) is 49.1 Å². The standard InChI is InChI=1S/C30H36N6O2Si/c1-39(2,3)15-14-38-30(37)23-9-12-36(13-10-23)29-7-6-24(20-33-29)26-17-25(22-4-5-22)18-28(34-26)35-27-16-21(19-31)8-11-32-27/h6-8,11,16-18,20,22-23H,4-5,9-10,12-15H2,1-3H3,(H,32,34,35). The first-order valence-electron chi connectivity index (χ1n) is 13.8. The van der Waals surface area contributed by atoms with Crippen LogP contribution in [0.25, 0.3) is 11.3 Å². The SMILES string of the molecule is C[Si](C)(C)CCOC(=O)C1CCN(c2ccc(-c3cc(C4CC4)cc(Nc4cc(C#N)ccn4)n3)cn2)CC1. The number of hydrogen-bond acceptors (Lipinski definition) is 8. The van der Waals surface area contributed by atoms with Crippen molar-refractivity contribution in [1.29, 1.82) is 5.26 Å². The predicted molar refractivity (Wildman–Crippen MR) is 156 cm³/mol. The highest BCUT2D eigenvalue weighted by atomic mass is 28.3. The van der Waals surface area contributed by atoms with E-state index < -0.39 is 8.07 Å². The van der Waals surface area contributed by atoms with E-state index in [0.29, 0.717) is 29.7 Å². The molecular formula is C30H36N6O2Si. The van der Waals surface area contributed by atoms with Gasteiger partial charge in [-0.1, -0.05) is 19.6 Å². The number of nitriles is 1. The van der Waals surface area contributed by atoms with E-state index in [9.17, 15) is 10.1 Å². The monoisotopic (exact) mass is 540 g/mol. The number of aromatic nitrogens is 3. The van der Waals surface area contributed by atoms with Gasteiger partial charge < -0.3 is 15.0 Å². The van der Waals surface area contributed by atoms with Crippen LogP contribution in [-0.4, -0.2) is 48.7 Å². The summed E-state index contributed by atoms with van der Waals surface area (Å²) in [5.74, 6) is 2.71. The molecule has 39 heavy (non-hydrogen) atoms. The molecule has 1 saturated heterocycles. The van der Waals surface area contributed by atoms with Crippen molar-refractivity contribution in [3.63, 3.8) is 0 Å². The molecule has 0 amide bonds. The van der Waals surface area contributed by atoms with Gasteiger partial charge in [-0.15, -0.1) is 0 Å². The summed E-state index contributed by atoms with van der Waals surface area (Å²) in [6.45, 7) is 9.01. The van der Waals surface area contributed by atoms with E-state index in [1.165, 1.54) is 18.4 Å². The van der Waals surface area contributed by atoms with Gasteiger partial charge >= 0.3 is 5.97 Å². The first-order valence-corrected chi connectivity index (χ1v) is 17.5. The molecule has 5 rings (SSSR count). The molecule has 1 aliphatic carbocycles. The molecule has 0 bridgehead atoms. The van der Waals surface area contributed by atoms with Gasteiger partial charge in [0.1, 0.15) is 17.5 Å². The molecule has 4 heterocycles. The molecule has 3 aromatic heterocycles. The Morgan fingerprint density at radius 1 is 1.08 bits per heavy atom. The van der Waals surface area contributed by atoms with Gasteiger partial charge in [-0.2, -0.15) is 5.26 Å². The Labute approximate surface area is 231 Å². The Bertz CT molecular complexity index is 1350. The lowest BCUT2D eigenvalue weighted by molar-refractivity contribution is -0.148. The maximum Gasteiger partial charge on any atom is 0.309 e. The number of piperidine rings is 1. The number of ether oxygens (including phenoxy) is 1. The third-order valence-electron chi connectivity index (χ3n) is 7.33. The van der Waals surface area contributed by atoms with Crippen LogP contribution in [0.15, 0.2) is 48.8 Å². The number of carbonyl (C=O) groups excluding carboxylic acids is 1. The van der Waals surface area contributed by atoms with Crippen LogP contribution in [0, 0.1) is 17.2 Å². The Kier molecular flexibility index (Phi) is 7.93. The zero-order valence-electron chi connectivity index (χ0n) is 23.0. The van der Waals surface area contributed by atoms with Crippen LogP contribution in [0.2, 0.25) is 25.7 Å². The third kappa shape index (κ3) is 7.21. The molecule has 8 nitrogen and oxygen atoms in total. The zero-order chi connectivity index (χ0) is 27.4. The molecule has 2 fully saturated rings. The van der Waals surface area contributed by atoms with Gasteiger partial charge in [-0.25, -0.2) is 15.0 Å². The Morgan fingerprint density at radius 3 is 2.54 bits per heavy atom. The third-order valence-corrected chi connectivity index (χ3v) is 9.04. The van der Waals surface area contributed by atoms with Gasteiger partial charge in [-0.3, -0.25) is 4.79 Å². The molecule has 1 aliphatic heterocycles. The minimum Gasteiger partial charge on any atom is -0.466 e. The maximum atomic E-state index is 12.5. The van der Waals surface area contributed by atoms with Crippen LogP contribution in [0.3, 0.4) is 0 Å². The second-order valence-electron chi connectivity index (χ2n) is 11.8. The molecule has 202 valence electrons. The normalized spacial score (nSPS) is 16.0. The summed E-state index contributed by atoms with van der Waals surface area (Å²) in [6, 6.07) is 14.9. The van der Waals surface area contributed by atoms with Crippen molar-refractivity contribution in [2.45, 2.75) is 57.3 Å². The van der Waals surface area contributed by atoms with Crippen molar-refractivity contribution in [3.8, 4) is 17.3 Å². The number of carbonyl (C=O) groups is 1. The molecule has 0 aromatic carbocycles. The van der Waals surface area contributed by atoms with E-state index in [1.807, 2.05) is 12.3 Å². The Morgan fingerprint density at radius 2 is 1.87 bits per heavy atom. The van der Waals surface area contributed by atoms with Gasteiger partial charge in [0.2, 0.25) is 0 Å². The Balaban J connectivity index is 1.23. The van der Waals surface area contributed by atoms with E-state index in [-0.39, 0.29) is 11.9 Å². The smallest absolute Gasteiger partial charge is 0.309 e. The van der Waals surface area contributed by atoms with Crippen LogP contribution in [-0.2, 0) is 9.53 Å². The molecule has 0 radical (unpaired) electrons. The summed E-state index contributed by atoms with van der Waals surface area (Å²) in [6.07, 6.45) is 7.44. The number of pyridine rings is 3. The van der Waals surface area contributed by atoms with Crippen molar-refractivity contribution >= 4 is 31.5 Å². The lowest BCUT2D eigenvalue weighted by atomic mass is 9.97. The fourth-order valence-electron chi connectivity index (χ4n) is 4.76. The van der Waals surface area contributed by atoms with E-state index in [1.54, 1.807) is 18.3 Å². The number of anilines is 3. The average molecular weight is 541 g/mol. The van der Waals surface area contributed by atoms with Gasteiger partial charge in [-0.05, 0) is 79.6 Å². The molecule has 9 heteroatoms. The van der Waals surface area contributed by atoms with Crippen LogP contribution >= 0.6 is 0 Å². The molecule has 0 atom stereocenters. The quantitative estimate of drug-likeness (QED) is 0.255. The van der Waals surface area contributed by atoms with Gasteiger partial charge in [0.15, 0.2) is 0 Å². The van der Waals surface area contributed by atoms with Crippen molar-refractivity contribution in [3.05, 3.63) is 59.9 Å². The largest absolute Gasteiger partial charge is 0.466 e. The van der Waals surface area contributed by atoms with Gasteiger partial charge in [0.25, 0.3) is 0 Å². The highest BCUT2D eigenvalue weighted by Crippen LogP contribution is 2.42. The molecule has 3 aromatic rings. The topological polar surface area (TPSA) is 104 Å². The summed E-state index contributed by atoms with van der Waals surface area (Å²) in [5, 5.41) is 12.5. The lowest BCUT2D eigenvalue weighted by Crippen LogP contribution is -2.37. The van der Waals surface area contributed by atoms with Crippen LogP contribution in [0.1, 0.15) is 42.7 Å². The summed E-state index contributed by atoms with van der Waals surface area (Å²) in [4.78, 5) is 28.7. The predicted octanol–water partition coefficient (Wildman–Crippen LogP) is 6.13. The van der Waals surface area contributed by atoms with E-state index >= 15 is 0 Å². The number of rotatable bonds is 9. The summed E-state index contributed by atoms with van der Waals surface area (Å²) in [7, 11) is -1.20. The molecule has 2 aliphatic rings. The van der Waals surface area contributed by atoms with E-state index in [4.69, 9.17) is 14.7 Å². The fourth-order valence-corrected chi connectivity index (χ4v) is 5.47. The van der Waals surface area contributed by atoms with Crippen LogP contribution in [0.4, 0.5) is 17.5 Å². The van der Waals surface area contributed by atoms with Gasteiger partial charge in [0.05, 0.1) is 29.9 Å². The van der Waals surface area contributed by atoms with Crippen molar-refractivity contribution < 1.29 is 9.53 Å². The van der Waals surface area contributed by atoms with E-state index in [2.05, 4.69) is 59.1 Å². The first-order chi connectivity index (χ1) is 18.8. The second-order valence-corrected chi connectivity index (χ2v) is 17.4. The highest BCUT2D eigenvalue weighted by Gasteiger charge is 2.28. The highest BCUT2D eigenvalue weighted by molar-refractivity contribution is 6.76. The Hall–Kier alpha value is -3.77. The lowest BCUT2D eigenvalue weighted by Gasteiger charge is -2.32. The number of nitrogens with one attached hydrogen (secondary N) is 1. The van der Waals surface area contributed by atoms with Crippen LogP contribution in [0.5, 0.6) is 0 Å². The minimum absolute atomic E-state index is 0.0224. The summed E-state index contributed by atoms with van der Waals surface area (Å²) < 4.78 is 5.58. The molecule has 1 saturated carbocycles. The summed E-state index contributed by atoms with van der Waals surface area (Å²) in [5.41, 5.74) is 3.61. The number of nitrogens with zero attached hydrogens (tertiary/aromatic N) is 5. The second kappa shape index (κ2) is 11.5. The maximum absolute atomic E-state index is 12.5.